The predicted molar refractivity (Wildman–Crippen MR) is 71.8 cm³/mol. The van der Waals surface area contributed by atoms with Crippen LogP contribution >= 0.6 is 0 Å². The second-order valence-electron chi connectivity index (χ2n) is 6.06. The van der Waals surface area contributed by atoms with Crippen LogP contribution in [0.25, 0.3) is 0 Å². The Morgan fingerprint density at radius 2 is 2.06 bits per heavy atom. The molecule has 2 heteroatoms. The number of hydrogen-bond donors (Lipinski definition) is 1. The van der Waals surface area contributed by atoms with E-state index in [-0.39, 0.29) is 0 Å². The summed E-state index contributed by atoms with van der Waals surface area (Å²) in [6.07, 6.45) is 3.85. The zero-order valence-electron chi connectivity index (χ0n) is 11.8. The van der Waals surface area contributed by atoms with Crippen LogP contribution in [0.4, 0.5) is 0 Å². The molecule has 1 rings (SSSR count). The quantitative estimate of drug-likeness (QED) is 0.775. The first-order valence-corrected chi connectivity index (χ1v) is 6.99. The number of piperazine rings is 1. The van der Waals surface area contributed by atoms with Crippen LogP contribution in [0.2, 0.25) is 0 Å². The van der Waals surface area contributed by atoms with E-state index in [0.29, 0.717) is 5.54 Å². The van der Waals surface area contributed by atoms with Gasteiger partial charge in [0.25, 0.3) is 0 Å². The molecule has 16 heavy (non-hydrogen) atoms. The summed E-state index contributed by atoms with van der Waals surface area (Å²) in [4.78, 5) is 2.72. The minimum absolute atomic E-state index is 0.332. The lowest BCUT2D eigenvalue weighted by atomic mass is 9.91. The van der Waals surface area contributed by atoms with Crippen molar-refractivity contribution in [3.8, 4) is 0 Å². The molecule has 0 bridgehead atoms. The number of hydrogen-bond acceptors (Lipinski definition) is 2. The molecular formula is C14H30N2. The maximum absolute atomic E-state index is 3.74. The van der Waals surface area contributed by atoms with E-state index in [4.69, 9.17) is 0 Å². The summed E-state index contributed by atoms with van der Waals surface area (Å²) in [6.45, 7) is 15.2. The molecular weight excluding hydrogens is 196 g/mol. The van der Waals surface area contributed by atoms with Crippen molar-refractivity contribution in [1.82, 2.24) is 10.2 Å². The molecule has 0 aromatic carbocycles. The van der Waals surface area contributed by atoms with E-state index in [1.165, 1.54) is 38.9 Å². The zero-order valence-corrected chi connectivity index (χ0v) is 11.8. The van der Waals surface area contributed by atoms with Crippen molar-refractivity contribution >= 4 is 0 Å². The Balaban J connectivity index is 2.61. The Bertz CT molecular complexity index is 203. The molecule has 1 fully saturated rings. The Labute approximate surface area is 102 Å². The minimum Gasteiger partial charge on any atom is -0.309 e. The highest BCUT2D eigenvalue weighted by molar-refractivity contribution is 4.94. The topological polar surface area (TPSA) is 15.3 Å². The van der Waals surface area contributed by atoms with Gasteiger partial charge < -0.3 is 5.32 Å². The van der Waals surface area contributed by atoms with E-state index in [1.54, 1.807) is 0 Å². The summed E-state index contributed by atoms with van der Waals surface area (Å²) in [6, 6.07) is 0.757. The summed E-state index contributed by atoms with van der Waals surface area (Å²) in [7, 11) is 0. The average Bonchev–Trinajstić information content (AvgIpc) is 2.22. The average molecular weight is 226 g/mol. The van der Waals surface area contributed by atoms with Gasteiger partial charge in [0.05, 0.1) is 0 Å². The first-order chi connectivity index (χ1) is 7.50. The lowest BCUT2D eigenvalue weighted by Crippen LogP contribution is -2.63. The Hall–Kier alpha value is -0.0800. The molecule has 0 aromatic rings. The van der Waals surface area contributed by atoms with Gasteiger partial charge >= 0.3 is 0 Å². The van der Waals surface area contributed by atoms with Crippen LogP contribution in [0.5, 0.6) is 0 Å². The number of nitrogens with one attached hydrogen (secondary N) is 1. The lowest BCUT2D eigenvalue weighted by Gasteiger charge is -2.46. The van der Waals surface area contributed by atoms with Gasteiger partial charge in [0.15, 0.2) is 0 Å². The first-order valence-electron chi connectivity index (χ1n) is 6.99. The molecule has 0 amide bonds. The van der Waals surface area contributed by atoms with E-state index >= 15 is 0 Å². The van der Waals surface area contributed by atoms with Gasteiger partial charge in [0.1, 0.15) is 0 Å². The van der Waals surface area contributed by atoms with E-state index in [2.05, 4.69) is 44.8 Å². The largest absolute Gasteiger partial charge is 0.309 e. The third-order valence-electron chi connectivity index (χ3n) is 3.83. The summed E-state index contributed by atoms with van der Waals surface area (Å²) in [5, 5.41) is 3.74. The van der Waals surface area contributed by atoms with E-state index in [1.807, 2.05) is 0 Å². The third kappa shape index (κ3) is 3.74. The standard InChI is InChI=1S/C14H30N2/c1-6-8-13-9-15-14(5,7-2)11-16(13)10-12(3)4/h12-13,15H,6-11H2,1-5H3. The van der Waals surface area contributed by atoms with Gasteiger partial charge in [-0.15, -0.1) is 0 Å². The van der Waals surface area contributed by atoms with Crippen LogP contribution in [0.1, 0.15) is 53.9 Å². The van der Waals surface area contributed by atoms with Crippen LogP contribution in [0, 0.1) is 5.92 Å². The molecule has 2 unspecified atom stereocenters. The molecule has 2 nitrogen and oxygen atoms in total. The van der Waals surface area contributed by atoms with Gasteiger partial charge in [-0.05, 0) is 25.7 Å². The summed E-state index contributed by atoms with van der Waals surface area (Å²) >= 11 is 0. The van der Waals surface area contributed by atoms with Gasteiger partial charge in [0, 0.05) is 31.2 Å². The Morgan fingerprint density at radius 3 is 2.56 bits per heavy atom. The van der Waals surface area contributed by atoms with Crippen molar-refractivity contribution in [3.05, 3.63) is 0 Å². The van der Waals surface area contributed by atoms with Crippen LogP contribution in [-0.4, -0.2) is 36.1 Å². The SMILES string of the molecule is CCCC1CNC(C)(CC)CN1CC(C)C. The highest BCUT2D eigenvalue weighted by Crippen LogP contribution is 2.22. The number of nitrogens with zero attached hydrogens (tertiary/aromatic N) is 1. The van der Waals surface area contributed by atoms with Gasteiger partial charge in [-0.25, -0.2) is 0 Å². The fraction of sp³-hybridized carbons (Fsp3) is 1.00. The molecule has 0 aromatic heterocycles. The molecule has 2 atom stereocenters. The summed E-state index contributed by atoms with van der Waals surface area (Å²) in [5.74, 6) is 0.776. The van der Waals surface area contributed by atoms with Gasteiger partial charge in [-0.3, -0.25) is 4.90 Å². The van der Waals surface area contributed by atoms with Crippen LogP contribution in [0.15, 0.2) is 0 Å². The molecule has 0 radical (unpaired) electrons. The first kappa shape index (κ1) is 14.0. The van der Waals surface area contributed by atoms with E-state index in [9.17, 15) is 0 Å². The van der Waals surface area contributed by atoms with Gasteiger partial charge in [0.2, 0.25) is 0 Å². The minimum atomic E-state index is 0.332. The summed E-state index contributed by atoms with van der Waals surface area (Å²) < 4.78 is 0. The zero-order chi connectivity index (χ0) is 12.2. The molecule has 1 saturated heterocycles. The Morgan fingerprint density at radius 1 is 1.38 bits per heavy atom. The fourth-order valence-electron chi connectivity index (χ4n) is 2.66. The molecule has 0 aliphatic carbocycles. The normalized spacial score (nSPS) is 32.2. The smallest absolute Gasteiger partial charge is 0.0278 e. The van der Waals surface area contributed by atoms with Crippen molar-refractivity contribution in [2.24, 2.45) is 5.92 Å². The van der Waals surface area contributed by atoms with Crippen molar-refractivity contribution in [1.29, 1.82) is 0 Å². The van der Waals surface area contributed by atoms with E-state index in [0.717, 1.165) is 12.0 Å². The second kappa shape index (κ2) is 6.02. The van der Waals surface area contributed by atoms with Crippen LogP contribution < -0.4 is 5.32 Å². The molecule has 1 aliphatic heterocycles. The third-order valence-corrected chi connectivity index (χ3v) is 3.83. The number of rotatable bonds is 5. The molecule has 1 N–H and O–H groups in total. The maximum atomic E-state index is 3.74. The maximum Gasteiger partial charge on any atom is 0.0278 e. The highest BCUT2D eigenvalue weighted by Gasteiger charge is 2.33. The lowest BCUT2D eigenvalue weighted by molar-refractivity contribution is 0.0690. The monoisotopic (exact) mass is 226 g/mol. The highest BCUT2D eigenvalue weighted by atomic mass is 15.2. The molecule has 0 spiro atoms. The van der Waals surface area contributed by atoms with Crippen molar-refractivity contribution in [2.75, 3.05) is 19.6 Å². The van der Waals surface area contributed by atoms with Crippen molar-refractivity contribution in [2.45, 2.75) is 65.5 Å². The van der Waals surface area contributed by atoms with E-state index < -0.39 is 0 Å². The van der Waals surface area contributed by atoms with Crippen molar-refractivity contribution < 1.29 is 0 Å². The van der Waals surface area contributed by atoms with Gasteiger partial charge in [-0.2, -0.15) is 0 Å². The predicted octanol–water partition coefficient (Wildman–Crippen LogP) is 2.89. The second-order valence-corrected chi connectivity index (χ2v) is 6.06. The molecule has 0 saturated carbocycles. The van der Waals surface area contributed by atoms with Crippen LogP contribution in [0.3, 0.4) is 0 Å². The van der Waals surface area contributed by atoms with Crippen LogP contribution in [-0.2, 0) is 0 Å². The Kier molecular flexibility index (Phi) is 5.26. The fourth-order valence-corrected chi connectivity index (χ4v) is 2.66. The molecule has 1 aliphatic rings. The molecule has 96 valence electrons. The summed E-state index contributed by atoms with van der Waals surface area (Å²) in [5.41, 5.74) is 0.332. The van der Waals surface area contributed by atoms with Gasteiger partial charge in [-0.1, -0.05) is 34.1 Å². The molecule has 1 heterocycles. The van der Waals surface area contributed by atoms with Crippen molar-refractivity contribution in [3.63, 3.8) is 0 Å².